The average Bonchev–Trinajstić information content (AvgIpc) is 2.83. The lowest BCUT2D eigenvalue weighted by Crippen LogP contribution is -1.90. The lowest BCUT2D eigenvalue weighted by atomic mass is 10.5. The summed E-state index contributed by atoms with van der Waals surface area (Å²) in [5, 5.41) is 10.2. The molecule has 2 rings (SSSR count). The highest BCUT2D eigenvalue weighted by molar-refractivity contribution is 8.00. The van der Waals surface area contributed by atoms with Crippen LogP contribution >= 0.6 is 34.6 Å². The summed E-state index contributed by atoms with van der Waals surface area (Å²) in [6.07, 6.45) is 0. The number of aromatic nitrogens is 3. The van der Waals surface area contributed by atoms with Gasteiger partial charge in [0.2, 0.25) is 0 Å². The molecule has 4 nitrogen and oxygen atoms in total. The van der Waals surface area contributed by atoms with Gasteiger partial charge in [-0.1, -0.05) is 16.3 Å². The highest BCUT2D eigenvalue weighted by atomic mass is 32.2. The number of thiazole rings is 1. The molecule has 2 heterocycles. The van der Waals surface area contributed by atoms with Crippen molar-refractivity contribution in [2.45, 2.75) is 17.0 Å². The zero-order chi connectivity index (χ0) is 10.7. The van der Waals surface area contributed by atoms with Crippen molar-refractivity contribution in [3.05, 3.63) is 16.8 Å². The van der Waals surface area contributed by atoms with Crippen molar-refractivity contribution < 1.29 is 0 Å². The van der Waals surface area contributed by atoms with Gasteiger partial charge in [-0.05, 0) is 6.92 Å². The molecule has 15 heavy (non-hydrogen) atoms. The second kappa shape index (κ2) is 4.91. The highest BCUT2D eigenvalue weighted by Crippen LogP contribution is 2.28. The van der Waals surface area contributed by atoms with Gasteiger partial charge in [0, 0.05) is 35.4 Å². The molecule has 0 aliphatic heterocycles. The molecule has 2 aromatic heterocycles. The zero-order valence-electron chi connectivity index (χ0n) is 8.35. The van der Waals surface area contributed by atoms with E-state index in [9.17, 15) is 0 Å². The Morgan fingerprint density at radius 3 is 3.07 bits per heavy atom. The molecule has 0 unspecified atom stereocenters. The van der Waals surface area contributed by atoms with E-state index in [2.05, 4.69) is 25.3 Å². The van der Waals surface area contributed by atoms with Gasteiger partial charge in [-0.15, -0.1) is 16.4 Å². The van der Waals surface area contributed by atoms with Gasteiger partial charge in [-0.2, -0.15) is 0 Å². The third-order valence-corrected chi connectivity index (χ3v) is 4.65. The third-order valence-electron chi connectivity index (χ3n) is 1.71. The third kappa shape index (κ3) is 2.67. The largest absolute Gasteiger partial charge is 0.377 e. The van der Waals surface area contributed by atoms with Crippen LogP contribution < -0.4 is 5.32 Å². The maximum atomic E-state index is 4.38. The Balaban J connectivity index is 1.98. The molecule has 0 saturated heterocycles. The van der Waals surface area contributed by atoms with Crippen molar-refractivity contribution in [2.24, 2.45) is 0 Å². The van der Waals surface area contributed by atoms with Gasteiger partial charge in [0.05, 0.1) is 0 Å². The first-order chi connectivity index (χ1) is 7.29. The minimum Gasteiger partial charge on any atom is -0.377 e. The fourth-order valence-electron chi connectivity index (χ4n) is 1.02. The second-order valence-corrected chi connectivity index (χ2v) is 5.68. The standard InChI is InChI=1S/C8H10N4S3/c1-5-3-13-8(10-5)14-4-6-7(9-2)15-12-11-6/h3,9H,4H2,1-2H3. The predicted molar refractivity (Wildman–Crippen MR) is 65.9 cm³/mol. The van der Waals surface area contributed by atoms with Crippen LogP contribution in [-0.4, -0.2) is 21.6 Å². The Bertz CT molecular complexity index is 437. The van der Waals surface area contributed by atoms with E-state index in [1.807, 2.05) is 14.0 Å². The molecular formula is C8H10N4S3. The summed E-state index contributed by atoms with van der Waals surface area (Å²) >= 11 is 4.76. The number of nitrogens with one attached hydrogen (secondary N) is 1. The first kappa shape index (κ1) is 10.8. The van der Waals surface area contributed by atoms with E-state index in [4.69, 9.17) is 0 Å². The van der Waals surface area contributed by atoms with Crippen LogP contribution in [0.15, 0.2) is 9.72 Å². The molecule has 0 fully saturated rings. The Hall–Kier alpha value is -0.660. The highest BCUT2D eigenvalue weighted by Gasteiger charge is 2.07. The van der Waals surface area contributed by atoms with E-state index in [1.165, 1.54) is 11.5 Å². The molecule has 0 spiro atoms. The van der Waals surface area contributed by atoms with Crippen LogP contribution in [0.4, 0.5) is 5.00 Å². The molecule has 7 heteroatoms. The van der Waals surface area contributed by atoms with Crippen LogP contribution in [-0.2, 0) is 5.75 Å². The van der Waals surface area contributed by atoms with Crippen LogP contribution in [0, 0.1) is 6.92 Å². The van der Waals surface area contributed by atoms with E-state index in [-0.39, 0.29) is 0 Å². The number of thioether (sulfide) groups is 1. The lowest BCUT2D eigenvalue weighted by Gasteiger charge is -1.97. The van der Waals surface area contributed by atoms with Crippen molar-refractivity contribution in [3.63, 3.8) is 0 Å². The quantitative estimate of drug-likeness (QED) is 0.854. The maximum absolute atomic E-state index is 4.38. The molecule has 0 radical (unpaired) electrons. The van der Waals surface area contributed by atoms with Crippen LogP contribution in [0.1, 0.15) is 11.4 Å². The molecule has 0 aliphatic carbocycles. The molecule has 0 bridgehead atoms. The van der Waals surface area contributed by atoms with E-state index in [1.54, 1.807) is 23.1 Å². The van der Waals surface area contributed by atoms with E-state index >= 15 is 0 Å². The Morgan fingerprint density at radius 1 is 1.53 bits per heavy atom. The molecule has 0 atom stereocenters. The van der Waals surface area contributed by atoms with E-state index in [0.29, 0.717) is 0 Å². The minimum absolute atomic E-state index is 0.819. The fraction of sp³-hybridized carbons (Fsp3) is 0.375. The summed E-state index contributed by atoms with van der Waals surface area (Å²) < 4.78 is 4.99. The van der Waals surface area contributed by atoms with Crippen molar-refractivity contribution in [1.29, 1.82) is 0 Å². The molecule has 0 aromatic carbocycles. The minimum atomic E-state index is 0.819. The Kier molecular flexibility index (Phi) is 3.55. The lowest BCUT2D eigenvalue weighted by molar-refractivity contribution is 1.07. The predicted octanol–water partition coefficient (Wildman–Crippen LogP) is 2.64. The van der Waals surface area contributed by atoms with Crippen molar-refractivity contribution in [1.82, 2.24) is 14.6 Å². The summed E-state index contributed by atoms with van der Waals surface area (Å²) in [4.78, 5) is 4.38. The molecular weight excluding hydrogens is 248 g/mol. The Labute approximate surface area is 100 Å². The van der Waals surface area contributed by atoms with Gasteiger partial charge in [0.25, 0.3) is 0 Å². The van der Waals surface area contributed by atoms with Gasteiger partial charge >= 0.3 is 0 Å². The first-order valence-corrected chi connectivity index (χ1v) is 6.97. The van der Waals surface area contributed by atoms with Crippen LogP contribution in [0.25, 0.3) is 0 Å². The summed E-state index contributed by atoms with van der Waals surface area (Å²) in [5.74, 6) is 0.819. The van der Waals surface area contributed by atoms with Gasteiger partial charge in [0.15, 0.2) is 0 Å². The fourth-order valence-corrected chi connectivity index (χ4v) is 3.43. The topological polar surface area (TPSA) is 50.7 Å². The number of rotatable bonds is 4. The van der Waals surface area contributed by atoms with Crippen LogP contribution in [0.2, 0.25) is 0 Å². The zero-order valence-corrected chi connectivity index (χ0v) is 10.8. The number of aryl methyl sites for hydroxylation is 1. The number of hydrogen-bond donors (Lipinski definition) is 1. The van der Waals surface area contributed by atoms with Gasteiger partial charge < -0.3 is 5.32 Å². The summed E-state index contributed by atoms with van der Waals surface area (Å²) in [5.41, 5.74) is 2.08. The monoisotopic (exact) mass is 258 g/mol. The number of anilines is 1. The molecule has 0 amide bonds. The summed E-state index contributed by atoms with van der Waals surface area (Å²) in [6, 6.07) is 0. The van der Waals surface area contributed by atoms with E-state index < -0.39 is 0 Å². The van der Waals surface area contributed by atoms with Crippen LogP contribution in [0.3, 0.4) is 0 Å². The molecule has 0 saturated carbocycles. The van der Waals surface area contributed by atoms with Crippen molar-refractivity contribution in [3.8, 4) is 0 Å². The van der Waals surface area contributed by atoms with Crippen molar-refractivity contribution >= 4 is 39.6 Å². The molecule has 0 aliphatic rings. The number of hydrogen-bond acceptors (Lipinski definition) is 7. The number of nitrogens with zero attached hydrogens (tertiary/aromatic N) is 3. The maximum Gasteiger partial charge on any atom is 0.150 e. The van der Waals surface area contributed by atoms with E-state index in [0.717, 1.165) is 26.5 Å². The van der Waals surface area contributed by atoms with Gasteiger partial charge in [-0.3, -0.25) is 0 Å². The summed E-state index contributed by atoms with van der Waals surface area (Å²) in [7, 11) is 1.89. The summed E-state index contributed by atoms with van der Waals surface area (Å²) in [6.45, 7) is 2.00. The SMILES string of the molecule is CNc1snnc1CSc1nc(C)cs1. The molecule has 2 aromatic rings. The smallest absolute Gasteiger partial charge is 0.150 e. The van der Waals surface area contributed by atoms with Crippen LogP contribution in [0.5, 0.6) is 0 Å². The molecule has 80 valence electrons. The first-order valence-electron chi connectivity index (χ1n) is 4.33. The average molecular weight is 258 g/mol. The normalized spacial score (nSPS) is 10.5. The van der Waals surface area contributed by atoms with Crippen molar-refractivity contribution in [2.75, 3.05) is 12.4 Å². The Morgan fingerprint density at radius 2 is 2.40 bits per heavy atom. The second-order valence-electron chi connectivity index (χ2n) is 2.84. The molecule has 1 N–H and O–H groups in total. The van der Waals surface area contributed by atoms with Gasteiger partial charge in [0.1, 0.15) is 15.0 Å². The van der Waals surface area contributed by atoms with Gasteiger partial charge in [-0.25, -0.2) is 4.98 Å².